The van der Waals surface area contributed by atoms with Crippen molar-refractivity contribution in [3.63, 3.8) is 0 Å². The molecule has 0 radical (unpaired) electrons. The second kappa shape index (κ2) is 10.7. The van der Waals surface area contributed by atoms with Gasteiger partial charge < -0.3 is 34.2 Å². The third-order valence-corrected chi connectivity index (χ3v) is 3.63. The molecule has 0 aliphatic rings. The third-order valence-electron chi connectivity index (χ3n) is 3.63. The first-order chi connectivity index (χ1) is 14.2. The molecule has 10 nitrogen and oxygen atoms in total. The van der Waals surface area contributed by atoms with Gasteiger partial charge in [-0.25, -0.2) is 14.3 Å². The molecule has 2 aromatic carbocycles. The number of H-pyrrole nitrogens is 1. The summed E-state index contributed by atoms with van der Waals surface area (Å²) in [5.41, 5.74) is 2.32. The molecule has 160 valence electrons. The van der Waals surface area contributed by atoms with Crippen LogP contribution in [0.2, 0.25) is 0 Å². The summed E-state index contributed by atoms with van der Waals surface area (Å²) in [4.78, 5) is 40.3. The Bertz CT molecular complexity index is 1050. The number of carboxylic acids is 1. The molecule has 1 heterocycles. The van der Waals surface area contributed by atoms with Crippen LogP contribution in [-0.2, 0) is 9.30 Å². The highest BCUT2D eigenvalue weighted by Crippen LogP contribution is 2.25. The summed E-state index contributed by atoms with van der Waals surface area (Å²) in [7, 11) is -3.01. The van der Waals surface area contributed by atoms with E-state index >= 15 is 0 Å². The molecule has 0 atom stereocenters. The number of phosphoric acid groups is 1. The lowest BCUT2D eigenvalue weighted by Crippen LogP contribution is -2.03. The smallest absolute Gasteiger partial charge is 0.466 e. The number of fused-ring (bicyclic) bond motifs is 1. The molecule has 11 heteroatoms. The van der Waals surface area contributed by atoms with Crippen molar-refractivity contribution in [3.8, 4) is 5.75 Å². The fourth-order valence-electron chi connectivity index (χ4n) is 2.40. The third kappa shape index (κ3) is 7.78. The standard InChI is InChI=1S/C19H18N2O4.H3O4P/c1-24-11-12-25-14-8-5-13(6-9-14)7-10-17-20-16-4-2-3-15(19(22)23)18(16)21-17;1-5(2,3)4/h2-10H,11-12H2,1H3,(H,20,21)(H,22,23);(H3,1,2,3,4)/b10-7+;. The highest BCUT2D eigenvalue weighted by atomic mass is 31.2. The average molecular weight is 436 g/mol. The predicted molar refractivity (Wildman–Crippen MR) is 110 cm³/mol. The van der Waals surface area contributed by atoms with Crippen molar-refractivity contribution in [2.75, 3.05) is 20.3 Å². The van der Waals surface area contributed by atoms with Gasteiger partial charge in [-0.05, 0) is 35.9 Å². The van der Waals surface area contributed by atoms with Gasteiger partial charge in [0, 0.05) is 7.11 Å². The first-order valence-corrected chi connectivity index (χ1v) is 10.1. The Balaban J connectivity index is 0.000000575. The Kier molecular flexibility index (Phi) is 8.28. The number of imidazole rings is 1. The lowest BCUT2D eigenvalue weighted by atomic mass is 10.2. The van der Waals surface area contributed by atoms with Gasteiger partial charge in [0.15, 0.2) is 0 Å². The Labute approximate surface area is 171 Å². The van der Waals surface area contributed by atoms with Crippen molar-refractivity contribution in [1.29, 1.82) is 0 Å². The molecule has 1 aromatic heterocycles. The Morgan fingerprint density at radius 2 is 1.77 bits per heavy atom. The topological polar surface area (TPSA) is 162 Å². The maximum Gasteiger partial charge on any atom is 0.466 e. The normalized spacial score (nSPS) is 11.3. The van der Waals surface area contributed by atoms with Crippen LogP contribution in [0.4, 0.5) is 0 Å². The van der Waals surface area contributed by atoms with Crippen molar-refractivity contribution in [1.82, 2.24) is 9.97 Å². The summed E-state index contributed by atoms with van der Waals surface area (Å²) < 4.78 is 19.3. The molecule has 0 aliphatic heterocycles. The summed E-state index contributed by atoms with van der Waals surface area (Å²) in [6.07, 6.45) is 3.71. The van der Waals surface area contributed by atoms with E-state index in [4.69, 9.17) is 28.7 Å². The molecule has 0 saturated heterocycles. The van der Waals surface area contributed by atoms with Crippen LogP contribution in [0.5, 0.6) is 5.75 Å². The van der Waals surface area contributed by atoms with Gasteiger partial charge >= 0.3 is 13.8 Å². The molecule has 3 aromatic rings. The first-order valence-electron chi connectivity index (χ1n) is 8.57. The van der Waals surface area contributed by atoms with E-state index in [9.17, 15) is 9.90 Å². The average Bonchev–Trinajstić information content (AvgIpc) is 3.09. The van der Waals surface area contributed by atoms with Gasteiger partial charge in [0.05, 0.1) is 17.7 Å². The second-order valence-electron chi connectivity index (χ2n) is 5.89. The van der Waals surface area contributed by atoms with Crippen molar-refractivity contribution in [2.24, 2.45) is 0 Å². The van der Waals surface area contributed by atoms with E-state index in [-0.39, 0.29) is 5.56 Å². The predicted octanol–water partition coefficient (Wildman–Crippen LogP) is 2.53. The molecule has 0 unspecified atom stereocenters. The second-order valence-corrected chi connectivity index (χ2v) is 6.91. The molecule has 0 fully saturated rings. The molecule has 0 saturated carbocycles. The number of aromatic nitrogens is 2. The summed E-state index contributed by atoms with van der Waals surface area (Å²) in [5.74, 6) is 0.393. The van der Waals surface area contributed by atoms with E-state index < -0.39 is 13.8 Å². The summed E-state index contributed by atoms with van der Waals surface area (Å²) in [5, 5.41) is 9.21. The Hall–Kier alpha value is -3.01. The van der Waals surface area contributed by atoms with Gasteiger partial charge in [-0.3, -0.25) is 0 Å². The van der Waals surface area contributed by atoms with Crippen LogP contribution in [0, 0.1) is 0 Å². The van der Waals surface area contributed by atoms with Crippen LogP contribution in [0.1, 0.15) is 21.7 Å². The molecule has 3 rings (SSSR count). The summed E-state index contributed by atoms with van der Waals surface area (Å²) in [6.45, 7) is 1.06. The van der Waals surface area contributed by atoms with E-state index in [0.29, 0.717) is 30.1 Å². The number of hydrogen-bond acceptors (Lipinski definition) is 5. The number of nitrogens with zero attached hydrogens (tertiary/aromatic N) is 1. The molecule has 0 bridgehead atoms. The highest BCUT2D eigenvalue weighted by Gasteiger charge is 2.11. The quantitative estimate of drug-likeness (QED) is 0.277. The van der Waals surface area contributed by atoms with Crippen molar-refractivity contribution in [2.45, 2.75) is 0 Å². The van der Waals surface area contributed by atoms with Gasteiger partial charge in [0.2, 0.25) is 0 Å². The van der Waals surface area contributed by atoms with Gasteiger partial charge in [-0.2, -0.15) is 0 Å². The zero-order valence-corrected chi connectivity index (χ0v) is 16.8. The van der Waals surface area contributed by atoms with E-state index in [1.165, 1.54) is 0 Å². The van der Waals surface area contributed by atoms with Crippen LogP contribution in [-0.4, -0.2) is 56.0 Å². The highest BCUT2D eigenvalue weighted by molar-refractivity contribution is 7.45. The van der Waals surface area contributed by atoms with Gasteiger partial charge in [0.1, 0.15) is 23.7 Å². The maximum atomic E-state index is 11.2. The Morgan fingerprint density at radius 3 is 2.37 bits per heavy atom. The summed E-state index contributed by atoms with van der Waals surface area (Å²) in [6, 6.07) is 12.7. The van der Waals surface area contributed by atoms with Crippen LogP contribution in [0.3, 0.4) is 0 Å². The van der Waals surface area contributed by atoms with E-state index in [0.717, 1.165) is 11.3 Å². The van der Waals surface area contributed by atoms with Crippen molar-refractivity contribution in [3.05, 3.63) is 59.4 Å². The number of benzene rings is 2. The summed E-state index contributed by atoms with van der Waals surface area (Å²) >= 11 is 0. The zero-order valence-electron chi connectivity index (χ0n) is 15.9. The minimum absolute atomic E-state index is 0.186. The van der Waals surface area contributed by atoms with Crippen LogP contribution in [0.25, 0.3) is 23.2 Å². The van der Waals surface area contributed by atoms with Gasteiger partial charge in [-0.15, -0.1) is 0 Å². The first kappa shape index (κ1) is 23.3. The molecule has 30 heavy (non-hydrogen) atoms. The van der Waals surface area contributed by atoms with E-state index in [1.54, 1.807) is 25.3 Å². The monoisotopic (exact) mass is 436 g/mol. The fraction of sp³-hybridized carbons (Fsp3) is 0.158. The van der Waals surface area contributed by atoms with E-state index in [1.807, 2.05) is 36.4 Å². The lowest BCUT2D eigenvalue weighted by Gasteiger charge is -2.05. The molecule has 5 N–H and O–H groups in total. The molecular formula is C19H21N2O8P. The van der Waals surface area contributed by atoms with Gasteiger partial charge in [0.25, 0.3) is 0 Å². The SMILES string of the molecule is COCCOc1ccc(/C=C/c2nc3c(C(=O)O)cccc3[nH]2)cc1.O=P(O)(O)O. The number of carbonyl (C=O) groups is 1. The number of carboxylic acid groups (broad SMARTS) is 1. The molecule has 0 spiro atoms. The Morgan fingerprint density at radius 1 is 1.10 bits per heavy atom. The van der Waals surface area contributed by atoms with E-state index in [2.05, 4.69) is 9.97 Å². The fourth-order valence-corrected chi connectivity index (χ4v) is 2.40. The van der Waals surface area contributed by atoms with Crippen LogP contribution < -0.4 is 4.74 Å². The number of hydrogen-bond donors (Lipinski definition) is 5. The number of ether oxygens (including phenoxy) is 2. The van der Waals surface area contributed by atoms with Gasteiger partial charge in [-0.1, -0.05) is 24.3 Å². The minimum Gasteiger partial charge on any atom is -0.491 e. The number of nitrogens with one attached hydrogen (secondary N) is 1. The minimum atomic E-state index is -4.64. The molecule has 0 amide bonds. The number of aromatic amines is 1. The maximum absolute atomic E-state index is 11.2. The lowest BCUT2D eigenvalue weighted by molar-refractivity contribution is 0.0698. The molecule has 0 aliphatic carbocycles. The van der Waals surface area contributed by atoms with Crippen LogP contribution in [0.15, 0.2) is 42.5 Å². The van der Waals surface area contributed by atoms with Crippen LogP contribution >= 0.6 is 7.82 Å². The number of rotatable bonds is 7. The number of para-hydroxylation sites is 1. The number of aromatic carboxylic acids is 1. The molecular weight excluding hydrogens is 415 g/mol. The van der Waals surface area contributed by atoms with Crippen molar-refractivity contribution >= 4 is 37.0 Å². The number of methoxy groups -OCH3 is 1. The van der Waals surface area contributed by atoms with Crippen molar-refractivity contribution < 1.29 is 38.6 Å². The largest absolute Gasteiger partial charge is 0.491 e. The zero-order chi connectivity index (χ0) is 22.1.